The highest BCUT2D eigenvalue weighted by molar-refractivity contribution is 7.22. The van der Waals surface area contributed by atoms with Gasteiger partial charge in [0.05, 0.1) is 39.7 Å². The van der Waals surface area contributed by atoms with E-state index < -0.39 is 11.7 Å². The molecule has 5 aromatic rings. The quantitative estimate of drug-likeness (QED) is 0.301. The fourth-order valence-electron chi connectivity index (χ4n) is 5.01. The summed E-state index contributed by atoms with van der Waals surface area (Å²) in [6.07, 6.45) is 1.79. The molecule has 0 bridgehead atoms. The monoisotopic (exact) mass is 526 g/mol. The first kappa shape index (κ1) is 23.9. The second kappa shape index (κ2) is 9.14. The van der Waals surface area contributed by atoms with Gasteiger partial charge in [0.2, 0.25) is 0 Å². The Hall–Kier alpha value is -3.44. The maximum Gasteiger partial charge on any atom is 0.420 e. The highest BCUT2D eigenvalue weighted by atomic mass is 32.1. The van der Waals surface area contributed by atoms with Gasteiger partial charge in [0, 0.05) is 25.4 Å². The van der Waals surface area contributed by atoms with E-state index in [9.17, 15) is 18.3 Å². The number of aliphatic hydroxyl groups excluding tert-OH is 1. The summed E-state index contributed by atoms with van der Waals surface area (Å²) in [6, 6.07) is 11.2. The fourth-order valence-corrected chi connectivity index (χ4v) is 6.00. The zero-order valence-electron chi connectivity index (χ0n) is 20.0. The van der Waals surface area contributed by atoms with Crippen molar-refractivity contribution in [1.82, 2.24) is 24.3 Å². The third kappa shape index (κ3) is 4.69. The molecule has 11 heteroatoms. The maximum absolute atomic E-state index is 13.5. The lowest BCUT2D eigenvalue weighted by Gasteiger charge is -2.27. The molecule has 1 saturated carbocycles. The van der Waals surface area contributed by atoms with Gasteiger partial charge in [-0.1, -0.05) is 36.3 Å². The van der Waals surface area contributed by atoms with Crippen LogP contribution < -0.4 is 5.32 Å². The zero-order valence-corrected chi connectivity index (χ0v) is 20.9. The van der Waals surface area contributed by atoms with E-state index >= 15 is 0 Å². The highest BCUT2D eigenvalue weighted by Crippen LogP contribution is 2.37. The average molecular weight is 527 g/mol. The van der Waals surface area contributed by atoms with E-state index in [2.05, 4.69) is 26.4 Å². The molecule has 2 unspecified atom stereocenters. The van der Waals surface area contributed by atoms with Crippen LogP contribution in [0.25, 0.3) is 32.5 Å². The minimum absolute atomic E-state index is 0.0364. The SMILES string of the molecule is Cn1cc(C(F)(F)F)c(-c2ccc3c(c2)ncn3Cc2ccc3nc(NC4CCCCC4O)sc3c2)n1. The number of hydrogen-bond donors (Lipinski definition) is 2. The van der Waals surface area contributed by atoms with E-state index in [1.165, 1.54) is 11.7 Å². The molecular weight excluding hydrogens is 501 g/mol. The van der Waals surface area contributed by atoms with Crippen LogP contribution in [0.2, 0.25) is 0 Å². The van der Waals surface area contributed by atoms with Gasteiger partial charge in [-0.15, -0.1) is 0 Å². The molecule has 3 heterocycles. The minimum atomic E-state index is -4.49. The summed E-state index contributed by atoms with van der Waals surface area (Å²) in [5, 5.41) is 18.5. The van der Waals surface area contributed by atoms with Crippen molar-refractivity contribution in [3.05, 3.63) is 60.0 Å². The van der Waals surface area contributed by atoms with Gasteiger partial charge in [-0.3, -0.25) is 4.68 Å². The zero-order chi connectivity index (χ0) is 25.7. The molecule has 0 radical (unpaired) electrons. The first-order chi connectivity index (χ1) is 17.7. The molecule has 192 valence electrons. The normalized spacial score (nSPS) is 18.6. The Morgan fingerprint density at radius 2 is 1.95 bits per heavy atom. The molecule has 0 amide bonds. The topological polar surface area (TPSA) is 80.8 Å². The van der Waals surface area contributed by atoms with Crippen molar-refractivity contribution >= 4 is 37.7 Å². The van der Waals surface area contributed by atoms with Crippen LogP contribution in [0, 0.1) is 0 Å². The molecule has 7 nitrogen and oxygen atoms in total. The molecule has 6 rings (SSSR count). The number of halogens is 3. The van der Waals surface area contributed by atoms with E-state index in [1.807, 2.05) is 16.7 Å². The van der Waals surface area contributed by atoms with Crippen LogP contribution in [-0.2, 0) is 19.8 Å². The average Bonchev–Trinajstić information content (AvgIpc) is 3.56. The van der Waals surface area contributed by atoms with Crippen LogP contribution >= 0.6 is 11.3 Å². The van der Waals surface area contributed by atoms with Crippen LogP contribution in [0.4, 0.5) is 18.3 Å². The number of hydrogen-bond acceptors (Lipinski definition) is 6. The number of benzene rings is 2. The van der Waals surface area contributed by atoms with Gasteiger partial charge < -0.3 is 15.0 Å². The van der Waals surface area contributed by atoms with E-state index in [0.717, 1.165) is 58.3 Å². The standard InChI is InChI=1S/C26H25F3N6OS/c1-34-13-17(26(27,28)29)24(33-34)16-7-9-21-20(11-16)30-14-35(21)12-15-6-8-19-23(10-15)37-25(32-19)31-18-4-2-3-5-22(18)36/h6-11,13-14,18,22,36H,2-5,12H2,1H3,(H,31,32). The molecule has 2 aromatic carbocycles. The lowest BCUT2D eigenvalue weighted by molar-refractivity contribution is -0.137. The van der Waals surface area contributed by atoms with Crippen molar-refractivity contribution in [3.8, 4) is 11.3 Å². The van der Waals surface area contributed by atoms with Gasteiger partial charge in [0.1, 0.15) is 11.3 Å². The third-order valence-corrected chi connectivity index (χ3v) is 7.82. The second-order valence-electron chi connectivity index (χ2n) is 9.56. The predicted molar refractivity (Wildman–Crippen MR) is 138 cm³/mol. The minimum Gasteiger partial charge on any atom is -0.391 e. The van der Waals surface area contributed by atoms with Gasteiger partial charge in [-0.05, 0) is 42.7 Å². The Balaban J connectivity index is 1.24. The van der Waals surface area contributed by atoms with Gasteiger partial charge in [0.25, 0.3) is 0 Å². The Morgan fingerprint density at radius 1 is 1.11 bits per heavy atom. The summed E-state index contributed by atoms with van der Waals surface area (Å²) < 4.78 is 44.6. The highest BCUT2D eigenvalue weighted by Gasteiger charge is 2.36. The smallest absolute Gasteiger partial charge is 0.391 e. The molecule has 1 fully saturated rings. The number of alkyl halides is 3. The van der Waals surface area contributed by atoms with E-state index in [-0.39, 0.29) is 17.8 Å². The molecule has 1 aliphatic rings. The number of aromatic nitrogens is 5. The number of anilines is 1. The molecule has 37 heavy (non-hydrogen) atoms. The maximum atomic E-state index is 13.5. The van der Waals surface area contributed by atoms with Gasteiger partial charge in [-0.25, -0.2) is 9.97 Å². The van der Waals surface area contributed by atoms with Crippen molar-refractivity contribution < 1.29 is 18.3 Å². The number of thiazole rings is 1. The van der Waals surface area contributed by atoms with Crippen molar-refractivity contribution in [2.75, 3.05) is 5.32 Å². The number of nitrogens with one attached hydrogen (secondary N) is 1. The van der Waals surface area contributed by atoms with Crippen LogP contribution in [0.3, 0.4) is 0 Å². The largest absolute Gasteiger partial charge is 0.420 e. The second-order valence-corrected chi connectivity index (χ2v) is 10.6. The number of imidazole rings is 1. The fraction of sp³-hybridized carbons (Fsp3) is 0.346. The van der Waals surface area contributed by atoms with Crippen LogP contribution in [0.5, 0.6) is 0 Å². The summed E-state index contributed by atoms with van der Waals surface area (Å²) in [5.41, 5.74) is 2.90. The van der Waals surface area contributed by atoms with Crippen LogP contribution in [0.1, 0.15) is 36.8 Å². The first-order valence-electron chi connectivity index (χ1n) is 12.1. The molecule has 1 aliphatic carbocycles. The Kier molecular flexibility index (Phi) is 5.91. The van der Waals surface area contributed by atoms with Crippen molar-refractivity contribution in [1.29, 1.82) is 0 Å². The van der Waals surface area contributed by atoms with Crippen molar-refractivity contribution in [3.63, 3.8) is 0 Å². The number of fused-ring (bicyclic) bond motifs is 2. The first-order valence-corrected chi connectivity index (χ1v) is 13.0. The summed E-state index contributed by atoms with van der Waals surface area (Å²) in [7, 11) is 1.48. The van der Waals surface area contributed by atoms with Gasteiger partial charge in [0.15, 0.2) is 5.13 Å². The van der Waals surface area contributed by atoms with Crippen LogP contribution in [0.15, 0.2) is 48.9 Å². The van der Waals surface area contributed by atoms with Crippen LogP contribution in [-0.4, -0.2) is 41.6 Å². The van der Waals surface area contributed by atoms with E-state index in [4.69, 9.17) is 0 Å². The summed E-state index contributed by atoms with van der Waals surface area (Å²) in [4.78, 5) is 9.13. The van der Waals surface area contributed by atoms with Crippen molar-refractivity contribution in [2.45, 2.75) is 50.6 Å². The number of aryl methyl sites for hydroxylation is 1. The molecule has 0 saturated heterocycles. The Labute approximate surface area is 214 Å². The molecule has 2 N–H and O–H groups in total. The van der Waals surface area contributed by atoms with Crippen molar-refractivity contribution in [2.24, 2.45) is 7.05 Å². The number of rotatable bonds is 5. The molecule has 0 spiro atoms. The third-order valence-electron chi connectivity index (χ3n) is 6.87. The summed E-state index contributed by atoms with van der Waals surface area (Å²) in [6.45, 7) is 0.561. The molecular formula is C26H25F3N6OS. The Morgan fingerprint density at radius 3 is 2.76 bits per heavy atom. The van der Waals surface area contributed by atoms with E-state index in [1.54, 1.807) is 35.9 Å². The predicted octanol–water partition coefficient (Wildman–Crippen LogP) is 5.83. The summed E-state index contributed by atoms with van der Waals surface area (Å²) in [5.74, 6) is 0. The number of nitrogens with zero attached hydrogens (tertiary/aromatic N) is 5. The number of aliphatic hydroxyl groups is 1. The van der Waals surface area contributed by atoms with E-state index in [0.29, 0.717) is 17.6 Å². The lowest BCUT2D eigenvalue weighted by Crippen LogP contribution is -2.36. The Bertz CT molecular complexity index is 1590. The summed E-state index contributed by atoms with van der Waals surface area (Å²) >= 11 is 1.57. The molecule has 2 atom stereocenters. The molecule has 3 aromatic heterocycles. The van der Waals surface area contributed by atoms with Gasteiger partial charge >= 0.3 is 6.18 Å². The molecule has 0 aliphatic heterocycles. The van der Waals surface area contributed by atoms with Gasteiger partial charge in [-0.2, -0.15) is 18.3 Å². The lowest BCUT2D eigenvalue weighted by atomic mass is 9.93.